The van der Waals surface area contributed by atoms with Gasteiger partial charge in [-0.15, -0.1) is 11.3 Å². The summed E-state index contributed by atoms with van der Waals surface area (Å²) in [6.07, 6.45) is 4.45. The number of likely N-dealkylation sites (tertiary alicyclic amines) is 1. The van der Waals surface area contributed by atoms with Crippen molar-refractivity contribution in [1.82, 2.24) is 9.88 Å². The Hall–Kier alpha value is -0.450. The molecule has 1 aromatic rings. The highest BCUT2D eigenvalue weighted by molar-refractivity contribution is 7.09. The summed E-state index contributed by atoms with van der Waals surface area (Å²) >= 11 is 1.75. The van der Waals surface area contributed by atoms with E-state index in [9.17, 15) is 0 Å². The third kappa shape index (κ3) is 3.77. The molecule has 18 heavy (non-hydrogen) atoms. The number of piperidine rings is 1. The first kappa shape index (κ1) is 14.0. The van der Waals surface area contributed by atoms with Gasteiger partial charge in [-0.1, -0.05) is 0 Å². The van der Waals surface area contributed by atoms with E-state index in [2.05, 4.69) is 29.1 Å². The maximum absolute atomic E-state index is 8.90. The zero-order valence-corrected chi connectivity index (χ0v) is 12.2. The van der Waals surface area contributed by atoms with Crippen molar-refractivity contribution in [2.24, 2.45) is 5.92 Å². The number of hydrogen-bond donors (Lipinski definition) is 1. The van der Waals surface area contributed by atoms with Crippen molar-refractivity contribution < 1.29 is 5.11 Å². The van der Waals surface area contributed by atoms with E-state index < -0.39 is 0 Å². The third-order valence-corrected chi connectivity index (χ3v) is 4.63. The van der Waals surface area contributed by atoms with E-state index in [1.165, 1.54) is 30.9 Å². The SMILES string of the molecule is CC(C)N1CCCC(Cc2nc(CCO)cs2)C1. The van der Waals surface area contributed by atoms with Gasteiger partial charge in [0.1, 0.15) is 0 Å². The molecule has 0 aliphatic carbocycles. The highest BCUT2D eigenvalue weighted by atomic mass is 32.1. The average molecular weight is 268 g/mol. The molecule has 102 valence electrons. The fourth-order valence-electron chi connectivity index (χ4n) is 2.65. The number of nitrogens with zero attached hydrogens (tertiary/aromatic N) is 2. The minimum Gasteiger partial charge on any atom is -0.396 e. The third-order valence-electron chi connectivity index (χ3n) is 3.71. The smallest absolute Gasteiger partial charge is 0.0931 e. The van der Waals surface area contributed by atoms with Gasteiger partial charge in [-0.2, -0.15) is 0 Å². The topological polar surface area (TPSA) is 36.4 Å². The summed E-state index contributed by atoms with van der Waals surface area (Å²) in [5, 5.41) is 12.2. The van der Waals surface area contributed by atoms with Crippen molar-refractivity contribution in [3.8, 4) is 0 Å². The molecule has 0 aromatic carbocycles. The Morgan fingerprint density at radius 2 is 2.39 bits per heavy atom. The molecule has 2 rings (SSSR count). The number of thiazole rings is 1. The number of rotatable bonds is 5. The van der Waals surface area contributed by atoms with Crippen LogP contribution in [0.4, 0.5) is 0 Å². The molecule has 1 fully saturated rings. The van der Waals surface area contributed by atoms with Crippen LogP contribution in [-0.2, 0) is 12.8 Å². The van der Waals surface area contributed by atoms with Crippen LogP contribution >= 0.6 is 11.3 Å². The highest BCUT2D eigenvalue weighted by Gasteiger charge is 2.22. The summed E-state index contributed by atoms with van der Waals surface area (Å²) in [5.74, 6) is 0.759. The molecule has 0 bridgehead atoms. The van der Waals surface area contributed by atoms with Gasteiger partial charge in [-0.3, -0.25) is 0 Å². The minimum absolute atomic E-state index is 0.202. The molecule has 2 heterocycles. The Bertz CT molecular complexity index is 364. The second-order valence-corrected chi connectivity index (χ2v) is 6.45. The summed E-state index contributed by atoms with van der Waals surface area (Å²) in [6, 6.07) is 0.661. The monoisotopic (exact) mass is 268 g/mol. The van der Waals surface area contributed by atoms with Crippen LogP contribution in [0.1, 0.15) is 37.4 Å². The number of hydrogen-bond acceptors (Lipinski definition) is 4. The summed E-state index contributed by atoms with van der Waals surface area (Å²) in [6.45, 7) is 7.23. The Morgan fingerprint density at radius 3 is 3.11 bits per heavy atom. The fourth-order valence-corrected chi connectivity index (χ4v) is 3.60. The quantitative estimate of drug-likeness (QED) is 0.890. The Kier molecular flexibility index (Phi) is 5.15. The van der Waals surface area contributed by atoms with Crippen LogP contribution in [0.15, 0.2) is 5.38 Å². The van der Waals surface area contributed by atoms with Gasteiger partial charge in [0.25, 0.3) is 0 Å². The molecule has 0 spiro atoms. The predicted molar refractivity (Wildman–Crippen MR) is 76.0 cm³/mol. The molecule has 0 radical (unpaired) electrons. The van der Waals surface area contributed by atoms with Gasteiger partial charge in [0.05, 0.1) is 10.7 Å². The van der Waals surface area contributed by atoms with Crippen LogP contribution in [0.2, 0.25) is 0 Å². The summed E-state index contributed by atoms with van der Waals surface area (Å²) in [7, 11) is 0. The van der Waals surface area contributed by atoms with Gasteiger partial charge >= 0.3 is 0 Å². The van der Waals surface area contributed by atoms with E-state index in [-0.39, 0.29) is 6.61 Å². The van der Waals surface area contributed by atoms with Crippen molar-refractivity contribution in [1.29, 1.82) is 0 Å². The molecule has 1 unspecified atom stereocenters. The average Bonchev–Trinajstić information content (AvgIpc) is 2.77. The van der Waals surface area contributed by atoms with Gasteiger partial charge in [0.15, 0.2) is 0 Å². The second kappa shape index (κ2) is 6.64. The number of aromatic nitrogens is 1. The zero-order valence-electron chi connectivity index (χ0n) is 11.4. The van der Waals surface area contributed by atoms with Crippen molar-refractivity contribution >= 4 is 11.3 Å². The van der Waals surface area contributed by atoms with Crippen LogP contribution < -0.4 is 0 Å². The number of aliphatic hydroxyl groups is 1. The summed E-state index contributed by atoms with van der Waals surface area (Å²) < 4.78 is 0. The van der Waals surface area contributed by atoms with E-state index >= 15 is 0 Å². The molecule has 1 atom stereocenters. The Labute approximate surface area is 114 Å². The van der Waals surface area contributed by atoms with E-state index in [1.807, 2.05) is 0 Å². The molecule has 1 saturated heterocycles. The Balaban J connectivity index is 1.87. The first-order chi connectivity index (χ1) is 8.69. The van der Waals surface area contributed by atoms with Gasteiger partial charge in [-0.25, -0.2) is 4.98 Å². The van der Waals surface area contributed by atoms with Crippen molar-refractivity contribution in [3.63, 3.8) is 0 Å². The van der Waals surface area contributed by atoms with Crippen LogP contribution in [0, 0.1) is 5.92 Å². The first-order valence-corrected chi connectivity index (χ1v) is 7.85. The molecule has 1 aliphatic heterocycles. The largest absolute Gasteiger partial charge is 0.396 e. The standard InChI is InChI=1S/C14H24N2OS/c1-11(2)16-6-3-4-12(9-16)8-14-15-13(5-7-17)10-18-14/h10-12,17H,3-9H2,1-2H3. The lowest BCUT2D eigenvalue weighted by atomic mass is 9.94. The lowest BCUT2D eigenvalue weighted by molar-refractivity contribution is 0.139. The van der Waals surface area contributed by atoms with Gasteiger partial charge in [-0.05, 0) is 39.2 Å². The van der Waals surface area contributed by atoms with Gasteiger partial charge < -0.3 is 10.0 Å². The molecule has 0 saturated carbocycles. The molecule has 1 aromatic heterocycles. The van der Waals surface area contributed by atoms with E-state index in [1.54, 1.807) is 11.3 Å². The van der Waals surface area contributed by atoms with Crippen molar-refractivity contribution in [2.45, 2.75) is 45.6 Å². The maximum atomic E-state index is 8.90. The maximum Gasteiger partial charge on any atom is 0.0931 e. The summed E-state index contributed by atoms with van der Waals surface area (Å²) in [5.41, 5.74) is 1.05. The Morgan fingerprint density at radius 1 is 1.56 bits per heavy atom. The lowest BCUT2D eigenvalue weighted by Crippen LogP contribution is -2.40. The van der Waals surface area contributed by atoms with Crippen LogP contribution in [0.25, 0.3) is 0 Å². The molecular weight excluding hydrogens is 244 g/mol. The molecule has 0 amide bonds. The zero-order chi connectivity index (χ0) is 13.0. The predicted octanol–water partition coefficient (Wildman–Crippen LogP) is 2.34. The summed E-state index contributed by atoms with van der Waals surface area (Å²) in [4.78, 5) is 7.18. The normalized spacial score (nSPS) is 21.7. The fraction of sp³-hybridized carbons (Fsp3) is 0.786. The van der Waals surface area contributed by atoms with Crippen LogP contribution in [0.5, 0.6) is 0 Å². The van der Waals surface area contributed by atoms with E-state index in [4.69, 9.17) is 5.11 Å². The number of aliphatic hydroxyl groups excluding tert-OH is 1. The van der Waals surface area contributed by atoms with E-state index in [0.29, 0.717) is 12.5 Å². The highest BCUT2D eigenvalue weighted by Crippen LogP contribution is 2.23. The van der Waals surface area contributed by atoms with Crippen molar-refractivity contribution in [3.05, 3.63) is 16.1 Å². The molecule has 1 N–H and O–H groups in total. The second-order valence-electron chi connectivity index (χ2n) is 5.51. The molecule has 4 heteroatoms. The van der Waals surface area contributed by atoms with Gasteiger partial charge in [0.2, 0.25) is 0 Å². The molecule has 1 aliphatic rings. The van der Waals surface area contributed by atoms with Crippen LogP contribution in [0.3, 0.4) is 0 Å². The van der Waals surface area contributed by atoms with Gasteiger partial charge in [0, 0.05) is 37.4 Å². The van der Waals surface area contributed by atoms with Crippen LogP contribution in [-0.4, -0.2) is 40.7 Å². The minimum atomic E-state index is 0.202. The van der Waals surface area contributed by atoms with Crippen molar-refractivity contribution in [2.75, 3.05) is 19.7 Å². The first-order valence-electron chi connectivity index (χ1n) is 6.97. The van der Waals surface area contributed by atoms with E-state index in [0.717, 1.165) is 18.0 Å². The lowest BCUT2D eigenvalue weighted by Gasteiger charge is -2.35. The molecular formula is C14H24N2OS. The molecule has 3 nitrogen and oxygen atoms in total.